The maximum Gasteiger partial charge on any atom is 0.242 e. The number of para-hydroxylation sites is 2. The van der Waals surface area contributed by atoms with E-state index in [4.69, 9.17) is 0 Å². The highest BCUT2D eigenvalue weighted by atomic mass is 16.2. The molecule has 3 rings (SSSR count). The van der Waals surface area contributed by atoms with Gasteiger partial charge in [-0.3, -0.25) is 9.59 Å². The van der Waals surface area contributed by atoms with E-state index in [2.05, 4.69) is 26.3 Å². The molecule has 0 aliphatic carbocycles. The Labute approximate surface area is 128 Å². The summed E-state index contributed by atoms with van der Waals surface area (Å²) >= 11 is 0. The van der Waals surface area contributed by atoms with Crippen molar-refractivity contribution >= 4 is 22.8 Å². The Kier molecular flexibility index (Phi) is 4.09. The first-order valence-electron chi connectivity index (χ1n) is 7.62. The van der Waals surface area contributed by atoms with E-state index in [9.17, 15) is 9.59 Å². The molecule has 1 aliphatic heterocycles. The molecular weight excluding hydrogens is 280 g/mol. The van der Waals surface area contributed by atoms with Gasteiger partial charge >= 0.3 is 0 Å². The molecule has 2 heterocycles. The van der Waals surface area contributed by atoms with Crippen molar-refractivity contribution in [3.05, 3.63) is 30.1 Å². The highest BCUT2D eigenvalue weighted by Crippen LogP contribution is 2.15. The molecule has 0 unspecified atom stereocenters. The van der Waals surface area contributed by atoms with E-state index >= 15 is 0 Å². The maximum atomic E-state index is 11.9. The van der Waals surface area contributed by atoms with Gasteiger partial charge in [-0.15, -0.1) is 0 Å². The molecule has 22 heavy (non-hydrogen) atoms. The smallest absolute Gasteiger partial charge is 0.242 e. The summed E-state index contributed by atoms with van der Waals surface area (Å²) in [5.41, 5.74) is 2.12. The number of aromatic nitrogens is 2. The molecule has 1 atom stereocenters. The molecule has 2 amide bonds. The standard InChI is InChI=1S/C16H20N4O2/c1-20-13-6-3-2-5-11(13)18-14(20)7-4-10-17-16(22)12-8-9-15(21)19-12/h2-3,5-6,12H,4,7-10H2,1H3,(H,17,22)(H,19,21)/t12-/m0/s1. The Morgan fingerprint density at radius 1 is 1.45 bits per heavy atom. The van der Waals surface area contributed by atoms with Crippen molar-refractivity contribution in [2.45, 2.75) is 31.7 Å². The van der Waals surface area contributed by atoms with E-state index in [0.29, 0.717) is 19.4 Å². The van der Waals surface area contributed by atoms with Crippen molar-refractivity contribution in [2.24, 2.45) is 7.05 Å². The van der Waals surface area contributed by atoms with Crippen LogP contribution in [0.2, 0.25) is 0 Å². The summed E-state index contributed by atoms with van der Waals surface area (Å²) in [6, 6.07) is 7.68. The lowest BCUT2D eigenvalue weighted by Crippen LogP contribution is -2.41. The summed E-state index contributed by atoms with van der Waals surface area (Å²) in [5, 5.41) is 5.55. The lowest BCUT2D eigenvalue weighted by Gasteiger charge is -2.10. The number of hydrogen-bond donors (Lipinski definition) is 2. The number of aryl methyl sites for hydroxylation is 2. The predicted molar refractivity (Wildman–Crippen MR) is 83.2 cm³/mol. The lowest BCUT2D eigenvalue weighted by molar-refractivity contribution is -0.125. The molecule has 6 heteroatoms. The van der Waals surface area contributed by atoms with Gasteiger partial charge in [0.1, 0.15) is 11.9 Å². The molecule has 0 bridgehead atoms. The zero-order chi connectivity index (χ0) is 15.5. The monoisotopic (exact) mass is 300 g/mol. The SMILES string of the molecule is Cn1c(CCCNC(=O)[C@@H]2CCC(=O)N2)nc2ccccc21. The molecule has 1 saturated heterocycles. The first-order valence-corrected chi connectivity index (χ1v) is 7.62. The van der Waals surface area contributed by atoms with E-state index in [1.165, 1.54) is 0 Å². The van der Waals surface area contributed by atoms with Gasteiger partial charge in [0.2, 0.25) is 11.8 Å². The molecule has 1 fully saturated rings. The number of nitrogens with zero attached hydrogens (tertiary/aromatic N) is 2. The van der Waals surface area contributed by atoms with Crippen molar-refractivity contribution in [1.82, 2.24) is 20.2 Å². The number of nitrogens with one attached hydrogen (secondary N) is 2. The van der Waals surface area contributed by atoms with E-state index in [1.54, 1.807) is 0 Å². The van der Waals surface area contributed by atoms with Gasteiger partial charge in [-0.1, -0.05) is 12.1 Å². The molecule has 1 aromatic heterocycles. The van der Waals surface area contributed by atoms with Crippen molar-refractivity contribution in [2.75, 3.05) is 6.54 Å². The fraction of sp³-hybridized carbons (Fsp3) is 0.438. The van der Waals surface area contributed by atoms with Crippen LogP contribution in [0, 0.1) is 0 Å². The first kappa shape index (κ1) is 14.6. The molecule has 1 aromatic carbocycles. The average molecular weight is 300 g/mol. The zero-order valence-corrected chi connectivity index (χ0v) is 12.6. The van der Waals surface area contributed by atoms with E-state index < -0.39 is 0 Å². The molecule has 0 radical (unpaired) electrons. The Balaban J connectivity index is 1.49. The number of fused-ring (bicyclic) bond motifs is 1. The zero-order valence-electron chi connectivity index (χ0n) is 12.6. The third-order valence-corrected chi connectivity index (χ3v) is 4.07. The number of benzene rings is 1. The van der Waals surface area contributed by atoms with Crippen LogP contribution >= 0.6 is 0 Å². The number of imidazole rings is 1. The van der Waals surface area contributed by atoms with Crippen LogP contribution in [0.5, 0.6) is 0 Å². The summed E-state index contributed by atoms with van der Waals surface area (Å²) in [5.74, 6) is 0.889. The summed E-state index contributed by atoms with van der Waals surface area (Å²) in [6.45, 7) is 0.592. The quantitative estimate of drug-likeness (QED) is 0.806. The van der Waals surface area contributed by atoms with Crippen molar-refractivity contribution in [3.8, 4) is 0 Å². The van der Waals surface area contributed by atoms with Crippen LogP contribution in [0.4, 0.5) is 0 Å². The molecule has 2 N–H and O–H groups in total. The molecule has 2 aromatic rings. The van der Waals surface area contributed by atoms with Gasteiger partial charge in [0.15, 0.2) is 0 Å². The topological polar surface area (TPSA) is 76.0 Å². The Morgan fingerprint density at radius 2 is 2.27 bits per heavy atom. The normalized spacial score (nSPS) is 17.7. The first-order chi connectivity index (χ1) is 10.6. The highest BCUT2D eigenvalue weighted by Gasteiger charge is 2.26. The Morgan fingerprint density at radius 3 is 3.00 bits per heavy atom. The van der Waals surface area contributed by atoms with Crippen molar-refractivity contribution < 1.29 is 9.59 Å². The van der Waals surface area contributed by atoms with Crippen molar-refractivity contribution in [3.63, 3.8) is 0 Å². The highest BCUT2D eigenvalue weighted by molar-refractivity contribution is 5.90. The summed E-state index contributed by atoms with van der Waals surface area (Å²) in [6.07, 6.45) is 2.67. The van der Waals surface area contributed by atoms with Crippen LogP contribution in [0.25, 0.3) is 11.0 Å². The summed E-state index contributed by atoms with van der Waals surface area (Å²) < 4.78 is 2.09. The maximum absolute atomic E-state index is 11.9. The minimum atomic E-state index is -0.358. The van der Waals surface area contributed by atoms with Gasteiger partial charge in [0, 0.05) is 26.4 Å². The van der Waals surface area contributed by atoms with Gasteiger partial charge in [-0.05, 0) is 25.0 Å². The van der Waals surface area contributed by atoms with Gasteiger partial charge in [0.25, 0.3) is 0 Å². The third kappa shape index (κ3) is 2.95. The second kappa shape index (κ2) is 6.17. The van der Waals surface area contributed by atoms with E-state index in [-0.39, 0.29) is 17.9 Å². The van der Waals surface area contributed by atoms with E-state index in [1.807, 2.05) is 25.2 Å². The lowest BCUT2D eigenvalue weighted by atomic mass is 10.2. The summed E-state index contributed by atoms with van der Waals surface area (Å²) in [7, 11) is 2.01. The number of carbonyl (C=O) groups excluding carboxylic acids is 2. The van der Waals surface area contributed by atoms with Crippen LogP contribution < -0.4 is 10.6 Å². The van der Waals surface area contributed by atoms with Crippen LogP contribution in [0.1, 0.15) is 25.1 Å². The molecule has 116 valence electrons. The minimum absolute atomic E-state index is 0.0418. The molecule has 1 aliphatic rings. The molecule has 0 spiro atoms. The molecule has 6 nitrogen and oxygen atoms in total. The van der Waals surface area contributed by atoms with Gasteiger partial charge in [0.05, 0.1) is 11.0 Å². The Bertz CT molecular complexity index is 707. The molecular formula is C16H20N4O2. The second-order valence-electron chi connectivity index (χ2n) is 5.63. The summed E-state index contributed by atoms with van der Waals surface area (Å²) in [4.78, 5) is 27.6. The third-order valence-electron chi connectivity index (χ3n) is 4.07. The van der Waals surface area contributed by atoms with Gasteiger partial charge < -0.3 is 15.2 Å². The largest absolute Gasteiger partial charge is 0.354 e. The van der Waals surface area contributed by atoms with Crippen LogP contribution in [0.15, 0.2) is 24.3 Å². The number of amides is 2. The van der Waals surface area contributed by atoms with E-state index in [0.717, 1.165) is 29.7 Å². The Hall–Kier alpha value is -2.37. The molecule has 0 saturated carbocycles. The van der Waals surface area contributed by atoms with Crippen LogP contribution in [-0.4, -0.2) is 34.0 Å². The predicted octanol–water partition coefficient (Wildman–Crippen LogP) is 0.901. The number of carbonyl (C=O) groups is 2. The van der Waals surface area contributed by atoms with Crippen molar-refractivity contribution in [1.29, 1.82) is 0 Å². The minimum Gasteiger partial charge on any atom is -0.354 e. The van der Waals surface area contributed by atoms with Gasteiger partial charge in [-0.2, -0.15) is 0 Å². The van der Waals surface area contributed by atoms with Crippen LogP contribution in [0.3, 0.4) is 0 Å². The van der Waals surface area contributed by atoms with Gasteiger partial charge in [-0.25, -0.2) is 4.98 Å². The number of rotatable bonds is 5. The second-order valence-corrected chi connectivity index (χ2v) is 5.63. The average Bonchev–Trinajstić information content (AvgIpc) is 3.08. The number of hydrogen-bond acceptors (Lipinski definition) is 3. The fourth-order valence-electron chi connectivity index (χ4n) is 2.81. The van der Waals surface area contributed by atoms with Crippen LogP contribution in [-0.2, 0) is 23.1 Å². The fourth-order valence-corrected chi connectivity index (χ4v) is 2.81.